The van der Waals surface area contributed by atoms with Crippen LogP contribution in [0.25, 0.3) is 0 Å². The molecule has 2 bridgehead atoms. The van der Waals surface area contributed by atoms with Gasteiger partial charge in [0.25, 0.3) is 0 Å². The zero-order chi connectivity index (χ0) is 15.2. The summed E-state index contributed by atoms with van der Waals surface area (Å²) < 4.78 is 49.5. The predicted molar refractivity (Wildman–Crippen MR) is 74.2 cm³/mol. The van der Waals surface area contributed by atoms with E-state index in [1.54, 1.807) is 12.1 Å². The molecule has 2 heterocycles. The Morgan fingerprint density at radius 2 is 1.71 bits per heavy atom. The van der Waals surface area contributed by atoms with Crippen molar-refractivity contribution in [2.45, 2.75) is 54.5 Å². The van der Waals surface area contributed by atoms with Crippen LogP contribution in [0.15, 0.2) is 29.2 Å². The normalized spacial score (nSPS) is 29.1. The van der Waals surface area contributed by atoms with Crippen molar-refractivity contribution >= 4 is 15.5 Å². The molecule has 1 aromatic rings. The first-order valence-corrected chi connectivity index (χ1v) is 8.53. The first-order chi connectivity index (χ1) is 9.91. The van der Waals surface area contributed by atoms with Crippen LogP contribution in [-0.4, -0.2) is 37.5 Å². The number of piperidine rings is 1. The molecule has 0 spiro atoms. The Balaban J connectivity index is 2.05. The van der Waals surface area contributed by atoms with Gasteiger partial charge in [-0.15, -0.1) is 0 Å². The minimum atomic E-state index is -4.63. The SMILES string of the molecule is O=S(=O)(c1ccccc1N1C2CCC1CC(O)C2)C(F)F. The molecule has 1 aromatic carbocycles. The lowest BCUT2D eigenvalue weighted by Crippen LogP contribution is -2.45. The molecule has 7 heteroatoms. The Hall–Kier alpha value is -1.21. The molecule has 2 saturated heterocycles. The van der Waals surface area contributed by atoms with Gasteiger partial charge in [-0.3, -0.25) is 0 Å². The van der Waals surface area contributed by atoms with Gasteiger partial charge in [0.15, 0.2) is 0 Å². The average molecular weight is 317 g/mol. The number of rotatable bonds is 3. The summed E-state index contributed by atoms with van der Waals surface area (Å²) in [5, 5.41) is 9.81. The van der Waals surface area contributed by atoms with E-state index < -0.39 is 21.7 Å². The van der Waals surface area contributed by atoms with Crippen LogP contribution in [0.1, 0.15) is 25.7 Å². The van der Waals surface area contributed by atoms with Crippen LogP contribution < -0.4 is 4.90 Å². The number of fused-ring (bicyclic) bond motifs is 2. The fourth-order valence-corrected chi connectivity index (χ4v) is 4.47. The maximum absolute atomic E-state index is 12.9. The fourth-order valence-electron chi connectivity index (χ4n) is 3.55. The summed E-state index contributed by atoms with van der Waals surface area (Å²) in [4.78, 5) is 1.61. The van der Waals surface area contributed by atoms with Crippen molar-refractivity contribution in [3.8, 4) is 0 Å². The first kappa shape index (κ1) is 14.7. The quantitative estimate of drug-likeness (QED) is 0.928. The Bertz CT molecular complexity index is 621. The highest BCUT2D eigenvalue weighted by atomic mass is 32.2. The monoisotopic (exact) mass is 317 g/mol. The van der Waals surface area contributed by atoms with Crippen molar-refractivity contribution in [2.24, 2.45) is 0 Å². The van der Waals surface area contributed by atoms with Crippen LogP contribution in [-0.2, 0) is 9.84 Å². The number of para-hydroxylation sites is 1. The van der Waals surface area contributed by atoms with E-state index in [4.69, 9.17) is 0 Å². The molecule has 0 aromatic heterocycles. The molecule has 3 rings (SSSR count). The third-order valence-corrected chi connectivity index (χ3v) is 5.82. The maximum Gasteiger partial charge on any atom is 0.341 e. The summed E-state index contributed by atoms with van der Waals surface area (Å²) >= 11 is 0. The summed E-state index contributed by atoms with van der Waals surface area (Å²) in [5.74, 6) is -3.42. The molecule has 1 N–H and O–H groups in total. The van der Waals surface area contributed by atoms with E-state index >= 15 is 0 Å². The second kappa shape index (κ2) is 5.21. The number of hydrogen-bond acceptors (Lipinski definition) is 4. The average Bonchev–Trinajstić information content (AvgIpc) is 2.70. The number of aliphatic hydroxyl groups excluding tert-OH is 1. The predicted octanol–water partition coefficient (Wildman–Crippen LogP) is 2.17. The summed E-state index contributed by atoms with van der Waals surface area (Å²) in [5.41, 5.74) is 0.345. The second-order valence-electron chi connectivity index (χ2n) is 5.69. The van der Waals surface area contributed by atoms with Gasteiger partial charge < -0.3 is 10.0 Å². The van der Waals surface area contributed by atoms with Crippen molar-refractivity contribution in [3.63, 3.8) is 0 Å². The fraction of sp³-hybridized carbons (Fsp3) is 0.571. The van der Waals surface area contributed by atoms with Crippen LogP contribution >= 0.6 is 0 Å². The van der Waals surface area contributed by atoms with Crippen LogP contribution in [0.4, 0.5) is 14.5 Å². The molecule has 0 radical (unpaired) electrons. The molecule has 2 unspecified atom stereocenters. The van der Waals surface area contributed by atoms with Gasteiger partial charge in [-0.25, -0.2) is 8.42 Å². The Labute approximate surface area is 122 Å². The molecule has 116 valence electrons. The van der Waals surface area contributed by atoms with Crippen molar-refractivity contribution in [1.29, 1.82) is 0 Å². The summed E-state index contributed by atoms with van der Waals surface area (Å²) in [7, 11) is -4.63. The van der Waals surface area contributed by atoms with Gasteiger partial charge in [0.05, 0.1) is 16.7 Å². The molecule has 2 fully saturated rings. The highest BCUT2D eigenvalue weighted by Gasteiger charge is 2.42. The van der Waals surface area contributed by atoms with Crippen LogP contribution in [0.5, 0.6) is 0 Å². The van der Waals surface area contributed by atoms with E-state index in [1.165, 1.54) is 12.1 Å². The summed E-state index contributed by atoms with van der Waals surface area (Å²) in [6.45, 7) is 0. The number of sulfone groups is 1. The van der Waals surface area contributed by atoms with Gasteiger partial charge in [-0.2, -0.15) is 8.78 Å². The number of anilines is 1. The van der Waals surface area contributed by atoms with E-state index in [9.17, 15) is 22.3 Å². The van der Waals surface area contributed by atoms with Gasteiger partial charge in [0.2, 0.25) is 9.84 Å². The molecule has 21 heavy (non-hydrogen) atoms. The minimum Gasteiger partial charge on any atom is -0.393 e. The third-order valence-electron chi connectivity index (χ3n) is 4.39. The molecule has 0 aliphatic carbocycles. The van der Waals surface area contributed by atoms with Gasteiger partial charge in [0, 0.05) is 12.1 Å². The lowest BCUT2D eigenvalue weighted by atomic mass is 9.99. The van der Waals surface area contributed by atoms with E-state index in [-0.39, 0.29) is 17.0 Å². The van der Waals surface area contributed by atoms with E-state index in [0.717, 1.165) is 12.8 Å². The summed E-state index contributed by atoms with van der Waals surface area (Å²) in [6.07, 6.45) is 2.42. The van der Waals surface area contributed by atoms with Crippen molar-refractivity contribution < 1.29 is 22.3 Å². The highest BCUT2D eigenvalue weighted by molar-refractivity contribution is 7.91. The zero-order valence-electron chi connectivity index (χ0n) is 11.3. The molecule has 4 nitrogen and oxygen atoms in total. The topological polar surface area (TPSA) is 57.6 Å². The molecule has 0 amide bonds. The van der Waals surface area contributed by atoms with E-state index in [2.05, 4.69) is 0 Å². The Morgan fingerprint density at radius 3 is 2.29 bits per heavy atom. The van der Waals surface area contributed by atoms with Crippen LogP contribution in [0, 0.1) is 0 Å². The summed E-state index contributed by atoms with van der Waals surface area (Å²) in [6, 6.07) is 5.98. The highest BCUT2D eigenvalue weighted by Crippen LogP contribution is 2.42. The van der Waals surface area contributed by atoms with Gasteiger partial charge in [-0.05, 0) is 37.8 Å². The smallest absolute Gasteiger partial charge is 0.341 e. The number of aliphatic hydroxyl groups is 1. The molecular weight excluding hydrogens is 300 g/mol. The van der Waals surface area contributed by atoms with E-state index in [1.807, 2.05) is 4.90 Å². The number of halogens is 2. The van der Waals surface area contributed by atoms with Crippen LogP contribution in [0.3, 0.4) is 0 Å². The van der Waals surface area contributed by atoms with Gasteiger partial charge in [0.1, 0.15) is 0 Å². The molecule has 2 atom stereocenters. The lowest BCUT2D eigenvalue weighted by Gasteiger charge is -2.39. The standard InChI is InChI=1S/C14H17F2NO3S/c15-14(16)21(19,20)13-4-2-1-3-12(13)17-9-5-6-10(17)8-11(18)7-9/h1-4,9-11,14,18H,5-8H2. The minimum absolute atomic E-state index is 0.0211. The number of alkyl halides is 2. The lowest BCUT2D eigenvalue weighted by molar-refractivity contribution is 0.126. The Kier molecular flexibility index (Phi) is 3.65. The molecule has 2 aliphatic rings. The largest absolute Gasteiger partial charge is 0.393 e. The van der Waals surface area contributed by atoms with Gasteiger partial charge in [-0.1, -0.05) is 12.1 Å². The van der Waals surface area contributed by atoms with Crippen molar-refractivity contribution in [2.75, 3.05) is 4.90 Å². The number of hydrogen-bond donors (Lipinski definition) is 1. The van der Waals surface area contributed by atoms with Crippen molar-refractivity contribution in [1.82, 2.24) is 0 Å². The van der Waals surface area contributed by atoms with Crippen molar-refractivity contribution in [3.05, 3.63) is 24.3 Å². The zero-order valence-corrected chi connectivity index (χ0v) is 12.1. The molecular formula is C14H17F2NO3S. The van der Waals surface area contributed by atoms with Gasteiger partial charge >= 0.3 is 5.76 Å². The molecule has 0 saturated carbocycles. The third kappa shape index (κ3) is 2.42. The number of benzene rings is 1. The second-order valence-corrected chi connectivity index (χ2v) is 7.58. The Morgan fingerprint density at radius 1 is 1.14 bits per heavy atom. The first-order valence-electron chi connectivity index (χ1n) is 6.98. The molecule has 2 aliphatic heterocycles. The van der Waals surface area contributed by atoms with Crippen LogP contribution in [0.2, 0.25) is 0 Å². The van der Waals surface area contributed by atoms with E-state index in [0.29, 0.717) is 18.5 Å². The maximum atomic E-state index is 12.9. The number of nitrogens with zero attached hydrogens (tertiary/aromatic N) is 1.